The molecule has 20 atom stereocenters. The van der Waals surface area contributed by atoms with Crippen LogP contribution in [-0.4, -0.2) is 131 Å². The van der Waals surface area contributed by atoms with Crippen LogP contribution in [-0.2, 0) is 9.47 Å². The molecule has 0 radical (unpaired) electrons. The van der Waals surface area contributed by atoms with Crippen molar-refractivity contribution < 1.29 is 9.47 Å². The first-order valence-electron chi connectivity index (χ1n) is 24.9. The highest BCUT2D eigenvalue weighted by atomic mass is 16.6. The Bertz CT molecular complexity index is 1270. The third-order valence-corrected chi connectivity index (χ3v) is 19.5. The van der Waals surface area contributed by atoms with E-state index in [1.807, 2.05) is 0 Å². The van der Waals surface area contributed by atoms with Crippen LogP contribution in [0.2, 0.25) is 0 Å². The maximum Gasteiger partial charge on any atom is 0.169 e. The standard InChI is InChI=1S/C45H75N9O2/c1-5-13-35-28(9-1)29-10-2-6-14-36(29)53(35)26-17-19-39-32(21-26)46-24-51(39)44-48-34-23-41-42(49-43(34)56-44)50-45(55-41)52-25-47-33-22-27(18-20-40(33)52)54-37-15-7-3-11-30(37)31-12-4-8-16-38(31)54/h26-50H,1-25H2. The lowest BCUT2D eigenvalue weighted by molar-refractivity contribution is -0.101. The van der Waals surface area contributed by atoms with Gasteiger partial charge in [0, 0.05) is 60.4 Å². The van der Waals surface area contributed by atoms with Gasteiger partial charge in [-0.05, 0) is 120 Å². The van der Waals surface area contributed by atoms with Gasteiger partial charge in [0.1, 0.15) is 6.23 Å². The Kier molecular flexibility index (Phi) is 9.44. The number of likely N-dealkylation sites (tertiary alicyclic amines) is 2. The average Bonchev–Trinajstić information content (AvgIpc) is 4.10. The van der Waals surface area contributed by atoms with Gasteiger partial charge in [0.15, 0.2) is 12.7 Å². The highest BCUT2D eigenvalue weighted by molar-refractivity contribution is 5.11. The molecule has 11 nitrogen and oxygen atoms in total. The van der Waals surface area contributed by atoms with Gasteiger partial charge in [-0.25, -0.2) is 9.80 Å². The van der Waals surface area contributed by atoms with Gasteiger partial charge in [-0.1, -0.05) is 51.4 Å². The summed E-state index contributed by atoms with van der Waals surface area (Å²) >= 11 is 0. The van der Waals surface area contributed by atoms with Gasteiger partial charge >= 0.3 is 0 Å². The lowest BCUT2D eigenvalue weighted by Crippen LogP contribution is -2.61. The number of hydrogen-bond donors (Lipinski definition) is 5. The first-order valence-corrected chi connectivity index (χ1v) is 24.9. The average molecular weight is 774 g/mol. The Morgan fingerprint density at radius 2 is 0.857 bits per heavy atom. The van der Waals surface area contributed by atoms with Crippen LogP contribution >= 0.6 is 0 Å². The molecule has 0 aromatic heterocycles. The fraction of sp³-hybridized carbons (Fsp3) is 1.00. The summed E-state index contributed by atoms with van der Waals surface area (Å²) in [7, 11) is 0. The van der Waals surface area contributed by atoms with Crippen LogP contribution in [0.1, 0.15) is 148 Å². The fourth-order valence-corrected chi connectivity index (χ4v) is 17.4. The van der Waals surface area contributed by atoms with E-state index in [2.05, 4.69) is 46.2 Å². The van der Waals surface area contributed by atoms with E-state index in [0.29, 0.717) is 24.2 Å². The van der Waals surface area contributed by atoms with Crippen molar-refractivity contribution in [3.8, 4) is 0 Å². The van der Waals surface area contributed by atoms with Crippen LogP contribution < -0.4 is 26.6 Å². The lowest BCUT2D eigenvalue weighted by Gasteiger charge is -2.45. The van der Waals surface area contributed by atoms with Gasteiger partial charge in [0.05, 0.1) is 31.6 Å². The second kappa shape index (κ2) is 14.6. The van der Waals surface area contributed by atoms with Crippen molar-refractivity contribution in [1.82, 2.24) is 46.2 Å². The van der Waals surface area contributed by atoms with E-state index in [9.17, 15) is 0 Å². The van der Waals surface area contributed by atoms with E-state index < -0.39 is 0 Å². The number of ether oxygens (including phenoxy) is 2. The molecule has 5 N–H and O–H groups in total. The van der Waals surface area contributed by atoms with Crippen molar-refractivity contribution in [3.05, 3.63) is 0 Å². The van der Waals surface area contributed by atoms with Crippen molar-refractivity contribution in [3.63, 3.8) is 0 Å². The smallest absolute Gasteiger partial charge is 0.169 e. The summed E-state index contributed by atoms with van der Waals surface area (Å²) in [6.45, 7) is 1.87. The van der Waals surface area contributed by atoms with Crippen LogP contribution in [0.4, 0.5) is 0 Å². The number of piperidine rings is 1. The molecule has 6 aliphatic carbocycles. The Morgan fingerprint density at radius 1 is 0.393 bits per heavy atom. The molecule has 312 valence electrons. The van der Waals surface area contributed by atoms with E-state index in [-0.39, 0.29) is 37.2 Å². The van der Waals surface area contributed by atoms with Crippen molar-refractivity contribution in [2.75, 3.05) is 13.3 Å². The Balaban J connectivity index is 0.616. The topological polar surface area (TPSA) is 91.6 Å². The van der Waals surface area contributed by atoms with Gasteiger partial charge in [0.2, 0.25) is 0 Å². The van der Waals surface area contributed by atoms with Crippen molar-refractivity contribution >= 4 is 0 Å². The zero-order valence-electron chi connectivity index (χ0n) is 34.3. The summed E-state index contributed by atoms with van der Waals surface area (Å²) in [6.07, 6.45) is 32.9. The molecule has 13 fully saturated rings. The van der Waals surface area contributed by atoms with E-state index in [4.69, 9.17) is 9.47 Å². The zero-order chi connectivity index (χ0) is 36.5. The van der Waals surface area contributed by atoms with Crippen LogP contribution in [0, 0.1) is 23.7 Å². The molecule has 0 aromatic carbocycles. The van der Waals surface area contributed by atoms with E-state index in [1.54, 1.807) is 0 Å². The molecule has 7 heterocycles. The number of hydrogen-bond acceptors (Lipinski definition) is 11. The summed E-state index contributed by atoms with van der Waals surface area (Å²) in [6, 6.07) is 7.65. The third-order valence-electron chi connectivity index (χ3n) is 19.5. The molecule has 13 aliphatic rings. The minimum absolute atomic E-state index is 0.0227. The molecule has 6 saturated carbocycles. The molecular formula is C45H75N9O2. The number of fused-ring (bicyclic) bond motifs is 10. The number of rotatable bonds is 4. The zero-order valence-corrected chi connectivity index (χ0v) is 34.3. The largest absolute Gasteiger partial charge is 0.343 e. The molecule has 13 rings (SSSR count). The van der Waals surface area contributed by atoms with Gasteiger partial charge in [-0.15, -0.1) is 0 Å². The molecule has 7 aliphatic heterocycles. The fourth-order valence-electron chi connectivity index (χ4n) is 17.4. The first-order chi connectivity index (χ1) is 27.7. The summed E-state index contributed by atoms with van der Waals surface area (Å²) in [5.74, 6) is 3.99. The maximum atomic E-state index is 6.93. The second-order valence-electron chi connectivity index (χ2n) is 21.7. The van der Waals surface area contributed by atoms with Crippen molar-refractivity contribution in [1.29, 1.82) is 0 Å². The van der Waals surface area contributed by atoms with E-state index >= 15 is 0 Å². The van der Waals surface area contributed by atoms with Crippen LogP contribution in [0.5, 0.6) is 0 Å². The quantitative estimate of drug-likeness (QED) is 0.283. The van der Waals surface area contributed by atoms with Crippen LogP contribution in [0.3, 0.4) is 0 Å². The minimum atomic E-state index is -0.0227. The van der Waals surface area contributed by atoms with Gasteiger partial charge in [-0.3, -0.25) is 36.4 Å². The normalized spacial score (nSPS) is 56.1. The summed E-state index contributed by atoms with van der Waals surface area (Å²) < 4.78 is 13.8. The molecule has 11 heteroatoms. The molecule has 0 bridgehead atoms. The molecule has 0 amide bonds. The summed E-state index contributed by atoms with van der Waals surface area (Å²) in [5, 5.41) is 19.8. The predicted octanol–water partition coefficient (Wildman–Crippen LogP) is 4.35. The molecule has 20 unspecified atom stereocenters. The molecule has 56 heavy (non-hydrogen) atoms. The Hall–Kier alpha value is -0.440. The molecule has 0 spiro atoms. The SMILES string of the molecule is C1CCC2C(C1)C1CCCCC1N2C1CCC2C(C1)NCN2C1NC2NC3OC(N4CNC5CC(N6C7CCCCC7C7CCCCC76)CCC54)NC3CC2O1. The molecular weight excluding hydrogens is 699 g/mol. The summed E-state index contributed by atoms with van der Waals surface area (Å²) in [4.78, 5) is 11.6. The Labute approximate surface area is 337 Å². The second-order valence-corrected chi connectivity index (χ2v) is 21.7. The van der Waals surface area contributed by atoms with Gasteiger partial charge < -0.3 is 9.47 Å². The van der Waals surface area contributed by atoms with Crippen LogP contribution in [0.25, 0.3) is 0 Å². The molecule has 0 aromatic rings. The van der Waals surface area contributed by atoms with Crippen molar-refractivity contribution in [2.45, 2.75) is 245 Å². The highest BCUT2D eigenvalue weighted by Gasteiger charge is 2.58. The maximum absolute atomic E-state index is 6.93. The molecule has 7 saturated heterocycles. The highest BCUT2D eigenvalue weighted by Crippen LogP contribution is 2.53. The van der Waals surface area contributed by atoms with Gasteiger partial charge in [-0.2, -0.15) is 0 Å². The van der Waals surface area contributed by atoms with Crippen molar-refractivity contribution in [2.24, 2.45) is 23.7 Å². The summed E-state index contributed by atoms with van der Waals surface area (Å²) in [5.41, 5.74) is 0. The van der Waals surface area contributed by atoms with Crippen LogP contribution in [0.15, 0.2) is 0 Å². The minimum Gasteiger partial charge on any atom is -0.343 e. The monoisotopic (exact) mass is 774 g/mol. The number of nitrogens with zero attached hydrogens (tertiary/aromatic N) is 4. The van der Waals surface area contributed by atoms with Gasteiger partial charge in [0.25, 0.3) is 0 Å². The Morgan fingerprint density at radius 3 is 1.36 bits per heavy atom. The first kappa shape index (κ1) is 36.2. The third kappa shape index (κ3) is 5.81. The van der Waals surface area contributed by atoms with E-state index in [1.165, 1.54) is 141 Å². The number of nitrogens with one attached hydrogen (secondary N) is 5. The lowest BCUT2D eigenvalue weighted by atomic mass is 9.73. The van der Waals surface area contributed by atoms with E-state index in [0.717, 1.165) is 79.7 Å². The predicted molar refractivity (Wildman–Crippen MR) is 216 cm³/mol.